The number of anilines is 2. The number of aromatic nitrogens is 1. The first-order valence-electron chi connectivity index (χ1n) is 4.12. The van der Waals surface area contributed by atoms with Crippen molar-refractivity contribution in [3.05, 3.63) is 16.9 Å². The van der Waals surface area contributed by atoms with Crippen LogP contribution in [0.5, 0.6) is 0 Å². The number of hydrogen-bond acceptors (Lipinski definition) is 5. The van der Waals surface area contributed by atoms with Crippen LogP contribution in [-0.4, -0.2) is 28.6 Å². The Morgan fingerprint density at radius 2 is 2.33 bits per heavy atom. The van der Waals surface area contributed by atoms with Crippen molar-refractivity contribution in [1.82, 2.24) is 4.98 Å². The number of nitrogens with one attached hydrogen (secondary N) is 1. The van der Waals surface area contributed by atoms with Gasteiger partial charge in [0.25, 0.3) is 0 Å². The number of carbonyl (C=O) groups is 1. The van der Waals surface area contributed by atoms with Gasteiger partial charge in [-0.3, -0.25) is 9.78 Å². The van der Waals surface area contributed by atoms with Crippen LogP contribution >= 0.6 is 15.9 Å². The summed E-state index contributed by atoms with van der Waals surface area (Å²) in [5.74, 6) is -0.786. The Morgan fingerprint density at radius 3 is 2.87 bits per heavy atom. The van der Waals surface area contributed by atoms with Gasteiger partial charge in [0, 0.05) is 12.7 Å². The summed E-state index contributed by atoms with van der Waals surface area (Å²) < 4.78 is 0.652. The van der Waals surface area contributed by atoms with E-state index in [1.54, 1.807) is 6.20 Å². The minimum Gasteiger partial charge on any atom is -0.396 e. The fourth-order valence-corrected chi connectivity index (χ4v) is 1.42. The van der Waals surface area contributed by atoms with Gasteiger partial charge in [-0.1, -0.05) is 0 Å². The van der Waals surface area contributed by atoms with Gasteiger partial charge in [0.15, 0.2) is 0 Å². The second-order valence-electron chi connectivity index (χ2n) is 2.88. The highest BCUT2D eigenvalue weighted by Gasteiger charge is 2.12. The fraction of sp³-hybridized carbons (Fsp3) is 0.250. The molecule has 0 bridgehead atoms. The standard InChI is InChI=1S/C8H11BrN4O2/c9-4-1-12-2-5(10)7(4)13-3-6(14)8(11)15/h1-2,6,14H,3,10H2,(H2,11,15)(H,12,13). The van der Waals surface area contributed by atoms with Gasteiger partial charge in [-0.15, -0.1) is 0 Å². The van der Waals surface area contributed by atoms with Crippen LogP contribution in [0.3, 0.4) is 0 Å². The quantitative estimate of drug-likeness (QED) is 0.601. The SMILES string of the molecule is NC(=O)C(O)CNc1c(N)cncc1Br. The van der Waals surface area contributed by atoms with E-state index < -0.39 is 12.0 Å². The molecule has 1 atom stereocenters. The average Bonchev–Trinajstić information content (AvgIpc) is 2.16. The van der Waals surface area contributed by atoms with Crippen molar-refractivity contribution in [2.75, 3.05) is 17.6 Å². The molecule has 1 amide bonds. The van der Waals surface area contributed by atoms with Gasteiger partial charge in [0.05, 0.1) is 22.0 Å². The number of amides is 1. The van der Waals surface area contributed by atoms with E-state index in [1.165, 1.54) is 6.20 Å². The first-order valence-corrected chi connectivity index (χ1v) is 4.92. The number of nitrogen functional groups attached to an aromatic ring is 1. The van der Waals surface area contributed by atoms with Crippen LogP contribution in [0.15, 0.2) is 16.9 Å². The van der Waals surface area contributed by atoms with E-state index >= 15 is 0 Å². The van der Waals surface area contributed by atoms with Crippen LogP contribution < -0.4 is 16.8 Å². The van der Waals surface area contributed by atoms with Gasteiger partial charge in [-0.2, -0.15) is 0 Å². The number of halogens is 1. The lowest BCUT2D eigenvalue weighted by molar-refractivity contribution is -0.125. The monoisotopic (exact) mass is 274 g/mol. The first kappa shape index (κ1) is 11.7. The molecule has 0 fully saturated rings. The number of nitrogens with two attached hydrogens (primary N) is 2. The van der Waals surface area contributed by atoms with Crippen molar-refractivity contribution in [1.29, 1.82) is 0 Å². The summed E-state index contributed by atoms with van der Waals surface area (Å²) in [7, 11) is 0. The summed E-state index contributed by atoms with van der Waals surface area (Å²) in [4.78, 5) is 14.4. The Morgan fingerprint density at radius 1 is 1.67 bits per heavy atom. The Hall–Kier alpha value is -1.34. The molecule has 1 aromatic rings. The third-order valence-corrected chi connectivity index (χ3v) is 2.33. The van der Waals surface area contributed by atoms with Crippen LogP contribution in [0.25, 0.3) is 0 Å². The summed E-state index contributed by atoms with van der Waals surface area (Å²) in [6, 6.07) is 0. The summed E-state index contributed by atoms with van der Waals surface area (Å²) in [6.45, 7) is 0.00213. The van der Waals surface area contributed by atoms with Crippen LogP contribution in [0.2, 0.25) is 0 Å². The molecule has 1 unspecified atom stereocenters. The molecular weight excluding hydrogens is 264 g/mol. The van der Waals surface area contributed by atoms with Gasteiger partial charge in [0.1, 0.15) is 6.10 Å². The molecule has 6 nitrogen and oxygen atoms in total. The smallest absolute Gasteiger partial charge is 0.248 e. The number of carbonyl (C=O) groups excluding carboxylic acids is 1. The second-order valence-corrected chi connectivity index (χ2v) is 3.74. The van der Waals surface area contributed by atoms with E-state index in [4.69, 9.17) is 16.6 Å². The zero-order chi connectivity index (χ0) is 11.4. The zero-order valence-electron chi connectivity index (χ0n) is 7.77. The van der Waals surface area contributed by atoms with Gasteiger partial charge in [0.2, 0.25) is 5.91 Å². The Labute approximate surface area is 94.8 Å². The minimum absolute atomic E-state index is 0.00213. The van der Waals surface area contributed by atoms with E-state index in [2.05, 4.69) is 26.2 Å². The summed E-state index contributed by atoms with van der Waals surface area (Å²) in [5, 5.41) is 12.0. The van der Waals surface area contributed by atoms with E-state index in [9.17, 15) is 4.79 Å². The Balaban J connectivity index is 2.69. The highest BCUT2D eigenvalue weighted by molar-refractivity contribution is 9.10. The zero-order valence-corrected chi connectivity index (χ0v) is 9.36. The van der Waals surface area contributed by atoms with Crippen molar-refractivity contribution in [3.8, 4) is 0 Å². The Bertz CT molecular complexity index is 351. The predicted molar refractivity (Wildman–Crippen MR) is 60.0 cm³/mol. The summed E-state index contributed by atoms with van der Waals surface area (Å²) in [5.41, 5.74) is 11.5. The van der Waals surface area contributed by atoms with Gasteiger partial charge in [-0.05, 0) is 15.9 Å². The molecule has 0 aliphatic rings. The number of rotatable bonds is 4. The molecule has 0 saturated carbocycles. The highest BCUT2D eigenvalue weighted by atomic mass is 79.9. The Kier molecular flexibility index (Phi) is 3.87. The fourth-order valence-electron chi connectivity index (χ4n) is 0.936. The number of primary amides is 1. The molecule has 0 aromatic carbocycles. The molecule has 15 heavy (non-hydrogen) atoms. The number of hydrogen-bond donors (Lipinski definition) is 4. The van der Waals surface area contributed by atoms with Crippen molar-refractivity contribution in [3.63, 3.8) is 0 Å². The molecule has 0 radical (unpaired) electrons. The molecule has 0 aliphatic carbocycles. The van der Waals surface area contributed by atoms with Crippen LogP contribution in [0.4, 0.5) is 11.4 Å². The lowest BCUT2D eigenvalue weighted by Crippen LogP contribution is -2.34. The van der Waals surface area contributed by atoms with Gasteiger partial charge >= 0.3 is 0 Å². The molecule has 1 aromatic heterocycles. The highest BCUT2D eigenvalue weighted by Crippen LogP contribution is 2.26. The van der Waals surface area contributed by atoms with Gasteiger partial charge < -0.3 is 21.9 Å². The maximum atomic E-state index is 10.6. The van der Waals surface area contributed by atoms with Crippen LogP contribution in [0, 0.1) is 0 Å². The van der Waals surface area contributed by atoms with Gasteiger partial charge in [-0.25, -0.2) is 0 Å². The molecule has 6 N–H and O–H groups in total. The molecule has 0 saturated heterocycles. The maximum absolute atomic E-state index is 10.6. The number of aliphatic hydroxyl groups is 1. The lowest BCUT2D eigenvalue weighted by atomic mass is 10.3. The molecular formula is C8H11BrN4O2. The van der Waals surface area contributed by atoms with Crippen molar-refractivity contribution >= 4 is 33.2 Å². The third-order valence-electron chi connectivity index (χ3n) is 1.73. The van der Waals surface area contributed by atoms with E-state index in [1.807, 2.05) is 0 Å². The molecule has 1 rings (SSSR count). The number of pyridine rings is 1. The van der Waals surface area contributed by atoms with E-state index in [0.717, 1.165) is 0 Å². The molecule has 0 aliphatic heterocycles. The lowest BCUT2D eigenvalue weighted by Gasteiger charge is -2.12. The number of aliphatic hydroxyl groups excluding tert-OH is 1. The maximum Gasteiger partial charge on any atom is 0.248 e. The van der Waals surface area contributed by atoms with Crippen molar-refractivity contribution in [2.24, 2.45) is 5.73 Å². The molecule has 0 spiro atoms. The topological polar surface area (TPSA) is 114 Å². The van der Waals surface area contributed by atoms with E-state index in [0.29, 0.717) is 15.8 Å². The van der Waals surface area contributed by atoms with Crippen LogP contribution in [0.1, 0.15) is 0 Å². The van der Waals surface area contributed by atoms with E-state index in [-0.39, 0.29) is 6.54 Å². The van der Waals surface area contributed by atoms with Crippen molar-refractivity contribution in [2.45, 2.75) is 6.10 Å². The largest absolute Gasteiger partial charge is 0.396 e. The number of nitrogens with zero attached hydrogens (tertiary/aromatic N) is 1. The predicted octanol–water partition coefficient (Wildman–Crippen LogP) is -0.316. The minimum atomic E-state index is -1.25. The molecule has 7 heteroatoms. The average molecular weight is 275 g/mol. The third kappa shape index (κ3) is 3.07. The molecule has 1 heterocycles. The van der Waals surface area contributed by atoms with Crippen LogP contribution in [-0.2, 0) is 4.79 Å². The second kappa shape index (κ2) is 4.94. The normalized spacial score (nSPS) is 12.1. The van der Waals surface area contributed by atoms with Crippen molar-refractivity contribution < 1.29 is 9.90 Å². The first-order chi connectivity index (χ1) is 7.02. The summed E-state index contributed by atoms with van der Waals surface area (Å²) in [6.07, 6.45) is 1.77. The molecule has 82 valence electrons. The summed E-state index contributed by atoms with van der Waals surface area (Å²) >= 11 is 3.23.